The van der Waals surface area contributed by atoms with Crippen molar-refractivity contribution in [2.75, 3.05) is 13.2 Å². The molecule has 0 bridgehead atoms. The number of carbonyl (C=O) groups is 1. The summed E-state index contributed by atoms with van der Waals surface area (Å²) in [6, 6.07) is 5.25. The second-order valence-corrected chi connectivity index (χ2v) is 7.29. The highest BCUT2D eigenvalue weighted by Crippen LogP contribution is 2.39. The molecular weight excluding hydrogens is 334 g/mol. The first-order chi connectivity index (χ1) is 12.5. The van der Waals surface area contributed by atoms with Crippen molar-refractivity contribution in [1.29, 1.82) is 0 Å². The number of carboxylic acid groups (broad SMARTS) is 1. The summed E-state index contributed by atoms with van der Waals surface area (Å²) in [4.78, 5) is 15.8. The minimum absolute atomic E-state index is 0.139. The number of aliphatic carboxylic acids is 1. The number of hydrogen-bond donors (Lipinski definition) is 2. The van der Waals surface area contributed by atoms with Crippen LogP contribution in [-0.4, -0.2) is 40.5 Å². The smallest absolute Gasteiger partial charge is 0.306 e. The SMILES string of the molecule is Cc1c(C2CCOCC2)nc(OC2CC(C(=O)O)C2)c2cc(O)ccc12. The van der Waals surface area contributed by atoms with E-state index in [1.807, 2.05) is 6.07 Å². The number of pyridine rings is 1. The van der Waals surface area contributed by atoms with Crippen molar-refractivity contribution in [2.45, 2.75) is 44.6 Å². The van der Waals surface area contributed by atoms with Gasteiger partial charge in [-0.25, -0.2) is 4.98 Å². The number of fused-ring (bicyclic) bond motifs is 1. The van der Waals surface area contributed by atoms with Crippen molar-refractivity contribution < 1.29 is 24.5 Å². The van der Waals surface area contributed by atoms with Crippen molar-refractivity contribution in [2.24, 2.45) is 5.92 Å². The van der Waals surface area contributed by atoms with Gasteiger partial charge < -0.3 is 19.7 Å². The molecule has 1 aliphatic carbocycles. The minimum atomic E-state index is -0.771. The first-order valence-electron chi connectivity index (χ1n) is 9.13. The Morgan fingerprint density at radius 1 is 1.23 bits per heavy atom. The lowest BCUT2D eigenvalue weighted by atomic mass is 9.82. The van der Waals surface area contributed by atoms with Gasteiger partial charge in [0.1, 0.15) is 11.9 Å². The summed E-state index contributed by atoms with van der Waals surface area (Å²) in [5.74, 6) is -0.110. The number of ether oxygens (including phenoxy) is 2. The first kappa shape index (κ1) is 17.1. The zero-order valence-electron chi connectivity index (χ0n) is 14.8. The monoisotopic (exact) mass is 357 g/mol. The van der Waals surface area contributed by atoms with Gasteiger partial charge in [-0.3, -0.25) is 4.79 Å². The highest BCUT2D eigenvalue weighted by Gasteiger charge is 2.37. The molecule has 0 amide bonds. The Morgan fingerprint density at radius 3 is 2.65 bits per heavy atom. The van der Waals surface area contributed by atoms with E-state index < -0.39 is 5.97 Å². The summed E-state index contributed by atoms with van der Waals surface area (Å²) < 4.78 is 11.5. The number of aromatic nitrogens is 1. The van der Waals surface area contributed by atoms with Gasteiger partial charge in [0.2, 0.25) is 5.88 Å². The maximum absolute atomic E-state index is 11.0. The lowest BCUT2D eigenvalue weighted by molar-refractivity contribution is -0.148. The van der Waals surface area contributed by atoms with Crippen LogP contribution in [0.1, 0.15) is 42.9 Å². The third kappa shape index (κ3) is 3.09. The molecule has 2 heterocycles. The number of aryl methyl sites for hydroxylation is 1. The Kier molecular flexibility index (Phi) is 4.44. The molecule has 26 heavy (non-hydrogen) atoms. The molecule has 1 saturated carbocycles. The third-order valence-corrected chi connectivity index (χ3v) is 5.57. The number of rotatable bonds is 4. The Balaban J connectivity index is 1.71. The number of hydrogen-bond acceptors (Lipinski definition) is 5. The summed E-state index contributed by atoms with van der Waals surface area (Å²) in [6.07, 6.45) is 2.72. The average Bonchev–Trinajstić information content (AvgIpc) is 2.59. The number of phenols is 1. The van der Waals surface area contributed by atoms with E-state index >= 15 is 0 Å². The molecule has 0 spiro atoms. The molecule has 0 atom stereocenters. The summed E-state index contributed by atoms with van der Waals surface area (Å²) in [5, 5.41) is 20.8. The van der Waals surface area contributed by atoms with Crippen LogP contribution in [-0.2, 0) is 9.53 Å². The second kappa shape index (κ2) is 6.76. The Hall–Kier alpha value is -2.34. The summed E-state index contributed by atoms with van der Waals surface area (Å²) in [5.41, 5.74) is 2.13. The predicted octanol–water partition coefficient (Wildman–Crippen LogP) is 3.38. The van der Waals surface area contributed by atoms with E-state index in [4.69, 9.17) is 19.6 Å². The second-order valence-electron chi connectivity index (χ2n) is 7.29. The molecule has 6 nitrogen and oxygen atoms in total. The zero-order valence-corrected chi connectivity index (χ0v) is 14.8. The quantitative estimate of drug-likeness (QED) is 0.872. The summed E-state index contributed by atoms with van der Waals surface area (Å²) in [6.45, 7) is 3.53. The molecular formula is C20H23NO5. The fraction of sp³-hybridized carbons (Fsp3) is 0.500. The fourth-order valence-electron chi connectivity index (χ4n) is 3.91. The van der Waals surface area contributed by atoms with E-state index in [0.717, 1.165) is 48.1 Å². The summed E-state index contributed by atoms with van der Waals surface area (Å²) >= 11 is 0. The Labute approximate surface area is 151 Å². The normalized spacial score (nSPS) is 23.6. The van der Waals surface area contributed by atoms with Gasteiger partial charge in [0.05, 0.1) is 11.6 Å². The van der Waals surface area contributed by atoms with Crippen molar-refractivity contribution in [1.82, 2.24) is 4.98 Å². The maximum atomic E-state index is 11.0. The van der Waals surface area contributed by atoms with Crippen LogP contribution in [0.3, 0.4) is 0 Å². The molecule has 2 fully saturated rings. The zero-order chi connectivity index (χ0) is 18.3. The van der Waals surface area contributed by atoms with E-state index in [0.29, 0.717) is 24.6 Å². The molecule has 0 radical (unpaired) electrons. The molecule has 1 saturated heterocycles. The van der Waals surface area contributed by atoms with Gasteiger partial charge in [-0.1, -0.05) is 6.07 Å². The van der Waals surface area contributed by atoms with E-state index in [1.54, 1.807) is 12.1 Å². The van der Waals surface area contributed by atoms with Gasteiger partial charge in [-0.15, -0.1) is 0 Å². The van der Waals surface area contributed by atoms with Gasteiger partial charge >= 0.3 is 5.97 Å². The molecule has 6 heteroatoms. The Morgan fingerprint density at radius 2 is 1.96 bits per heavy atom. The lowest BCUT2D eigenvalue weighted by Gasteiger charge is -2.33. The molecule has 1 aromatic carbocycles. The van der Waals surface area contributed by atoms with Crippen LogP contribution in [0.5, 0.6) is 11.6 Å². The number of phenolic OH excluding ortho intramolecular Hbond substituents is 1. The molecule has 1 aromatic heterocycles. The number of benzene rings is 1. The van der Waals surface area contributed by atoms with Gasteiger partial charge in [0, 0.05) is 24.5 Å². The number of nitrogens with zero attached hydrogens (tertiary/aromatic N) is 1. The molecule has 0 unspecified atom stereocenters. The van der Waals surface area contributed by atoms with E-state index in [-0.39, 0.29) is 17.8 Å². The lowest BCUT2D eigenvalue weighted by Crippen LogP contribution is -2.38. The molecule has 4 rings (SSSR count). The van der Waals surface area contributed by atoms with Crippen LogP contribution in [0.25, 0.3) is 10.8 Å². The van der Waals surface area contributed by atoms with Crippen LogP contribution < -0.4 is 4.74 Å². The molecule has 1 aliphatic heterocycles. The van der Waals surface area contributed by atoms with Crippen LogP contribution in [0, 0.1) is 12.8 Å². The van der Waals surface area contributed by atoms with Crippen LogP contribution in [0.15, 0.2) is 18.2 Å². The highest BCUT2D eigenvalue weighted by molar-refractivity contribution is 5.91. The minimum Gasteiger partial charge on any atom is -0.508 e. The van der Waals surface area contributed by atoms with Crippen molar-refractivity contribution in [3.63, 3.8) is 0 Å². The topological polar surface area (TPSA) is 88.9 Å². The van der Waals surface area contributed by atoms with Gasteiger partial charge in [0.25, 0.3) is 0 Å². The van der Waals surface area contributed by atoms with Crippen LogP contribution >= 0.6 is 0 Å². The van der Waals surface area contributed by atoms with Crippen molar-refractivity contribution in [3.05, 3.63) is 29.5 Å². The fourth-order valence-corrected chi connectivity index (χ4v) is 3.91. The van der Waals surface area contributed by atoms with Gasteiger partial charge in [0.15, 0.2) is 0 Å². The standard InChI is InChI=1S/C20H23NO5/c1-11-16-3-2-14(22)10-17(16)19(26-15-8-13(9-15)20(23)24)21-18(11)12-4-6-25-7-5-12/h2-3,10,12-13,15,22H,4-9H2,1H3,(H,23,24). The summed E-state index contributed by atoms with van der Waals surface area (Å²) in [7, 11) is 0. The predicted molar refractivity (Wildman–Crippen MR) is 95.7 cm³/mol. The van der Waals surface area contributed by atoms with Crippen molar-refractivity contribution in [3.8, 4) is 11.6 Å². The van der Waals surface area contributed by atoms with Crippen molar-refractivity contribution >= 4 is 16.7 Å². The Bertz CT molecular complexity index is 838. The van der Waals surface area contributed by atoms with Gasteiger partial charge in [-0.05, 0) is 55.7 Å². The highest BCUT2D eigenvalue weighted by atomic mass is 16.5. The molecule has 2 aliphatic rings. The first-order valence-corrected chi connectivity index (χ1v) is 9.13. The van der Waals surface area contributed by atoms with Crippen LogP contribution in [0.2, 0.25) is 0 Å². The maximum Gasteiger partial charge on any atom is 0.306 e. The van der Waals surface area contributed by atoms with Gasteiger partial charge in [-0.2, -0.15) is 0 Å². The largest absolute Gasteiger partial charge is 0.508 e. The number of carboxylic acids is 1. The van der Waals surface area contributed by atoms with E-state index in [2.05, 4.69) is 6.92 Å². The number of aromatic hydroxyl groups is 1. The third-order valence-electron chi connectivity index (χ3n) is 5.57. The molecule has 2 N–H and O–H groups in total. The molecule has 2 aromatic rings. The van der Waals surface area contributed by atoms with Crippen LogP contribution in [0.4, 0.5) is 0 Å². The van der Waals surface area contributed by atoms with E-state index in [1.165, 1.54) is 0 Å². The van der Waals surface area contributed by atoms with E-state index in [9.17, 15) is 9.90 Å². The average molecular weight is 357 g/mol. The molecule has 138 valence electrons.